The highest BCUT2D eigenvalue weighted by Gasteiger charge is 2.30. The molecule has 3 unspecified atom stereocenters. The zero-order valence-corrected chi connectivity index (χ0v) is 11.5. The Bertz CT molecular complexity index is 488. The maximum absolute atomic E-state index is 12.3. The highest BCUT2D eigenvalue weighted by molar-refractivity contribution is 5.80. The largest absolute Gasteiger partial charge is 0.492 e. The molecule has 2 N–H and O–H groups in total. The lowest BCUT2D eigenvalue weighted by Gasteiger charge is -2.31. The molecule has 1 fully saturated rings. The molecule has 3 rings (SSSR count). The van der Waals surface area contributed by atoms with Crippen molar-refractivity contribution in [3.05, 3.63) is 29.8 Å². The Kier molecular flexibility index (Phi) is 3.92. The van der Waals surface area contributed by atoms with Crippen molar-refractivity contribution in [1.29, 1.82) is 0 Å². The van der Waals surface area contributed by atoms with Crippen molar-refractivity contribution < 1.29 is 14.6 Å². The molecule has 1 aromatic carbocycles. The molecule has 1 amide bonds. The molecule has 1 saturated carbocycles. The average Bonchev–Trinajstić information content (AvgIpc) is 2.49. The molecular weight excluding hydrogens is 254 g/mol. The van der Waals surface area contributed by atoms with Crippen LogP contribution in [-0.4, -0.2) is 29.8 Å². The summed E-state index contributed by atoms with van der Waals surface area (Å²) in [5.74, 6) is 0.735. The number of rotatable bonds is 2. The molecule has 0 radical (unpaired) electrons. The van der Waals surface area contributed by atoms with E-state index in [1.807, 2.05) is 24.3 Å². The Labute approximate surface area is 119 Å². The lowest BCUT2D eigenvalue weighted by Crippen LogP contribution is -2.48. The van der Waals surface area contributed by atoms with Crippen LogP contribution in [0.25, 0.3) is 0 Å². The molecule has 4 nitrogen and oxygen atoms in total. The summed E-state index contributed by atoms with van der Waals surface area (Å²) in [6, 6.07) is 7.76. The van der Waals surface area contributed by atoms with Crippen molar-refractivity contribution in [1.82, 2.24) is 5.32 Å². The lowest BCUT2D eigenvalue weighted by molar-refractivity contribution is -0.128. The van der Waals surface area contributed by atoms with Gasteiger partial charge < -0.3 is 15.2 Å². The second-order valence-corrected chi connectivity index (χ2v) is 5.79. The van der Waals surface area contributed by atoms with Crippen molar-refractivity contribution >= 4 is 5.91 Å². The summed E-state index contributed by atoms with van der Waals surface area (Å²) in [5.41, 5.74) is 1.09. The number of fused-ring (bicyclic) bond motifs is 1. The van der Waals surface area contributed by atoms with Crippen molar-refractivity contribution in [2.45, 2.75) is 44.2 Å². The van der Waals surface area contributed by atoms with E-state index in [1.165, 1.54) is 0 Å². The first kappa shape index (κ1) is 13.4. The number of para-hydroxylation sites is 1. The van der Waals surface area contributed by atoms with E-state index in [-0.39, 0.29) is 17.9 Å². The second kappa shape index (κ2) is 5.83. The minimum atomic E-state index is -0.399. The van der Waals surface area contributed by atoms with Crippen LogP contribution < -0.4 is 10.1 Å². The Hall–Kier alpha value is -1.55. The molecule has 3 atom stereocenters. The van der Waals surface area contributed by atoms with Crippen LogP contribution in [0.5, 0.6) is 5.75 Å². The maximum Gasteiger partial charge on any atom is 0.227 e. The van der Waals surface area contributed by atoms with Gasteiger partial charge in [0.1, 0.15) is 12.4 Å². The fourth-order valence-corrected chi connectivity index (χ4v) is 3.08. The first-order chi connectivity index (χ1) is 9.74. The standard InChI is InChI=1S/C16H21NO3/c18-14-7-3-2-6-13(14)17-16(19)12-9-11-5-1-4-8-15(11)20-10-12/h1,4-5,8,12-14,18H,2-3,6-7,9-10H2,(H,17,19). The van der Waals surface area contributed by atoms with Gasteiger partial charge in [-0.15, -0.1) is 0 Å². The molecule has 1 aromatic rings. The number of aliphatic hydroxyl groups excluding tert-OH is 1. The smallest absolute Gasteiger partial charge is 0.227 e. The van der Waals surface area contributed by atoms with Gasteiger partial charge in [-0.25, -0.2) is 0 Å². The molecule has 0 saturated heterocycles. The predicted molar refractivity (Wildman–Crippen MR) is 75.5 cm³/mol. The first-order valence-electron chi connectivity index (χ1n) is 7.43. The van der Waals surface area contributed by atoms with Gasteiger partial charge in [0, 0.05) is 0 Å². The zero-order chi connectivity index (χ0) is 13.9. The summed E-state index contributed by atoms with van der Waals surface area (Å²) in [7, 11) is 0. The summed E-state index contributed by atoms with van der Waals surface area (Å²) >= 11 is 0. The molecule has 2 aliphatic rings. The molecule has 1 heterocycles. The van der Waals surface area contributed by atoms with E-state index in [4.69, 9.17) is 4.74 Å². The van der Waals surface area contributed by atoms with Gasteiger partial charge in [-0.05, 0) is 30.9 Å². The first-order valence-corrected chi connectivity index (χ1v) is 7.43. The van der Waals surface area contributed by atoms with Crippen molar-refractivity contribution in [2.75, 3.05) is 6.61 Å². The van der Waals surface area contributed by atoms with Gasteiger partial charge in [0.15, 0.2) is 0 Å². The predicted octanol–water partition coefficient (Wildman–Crippen LogP) is 1.66. The Morgan fingerprint density at radius 3 is 2.90 bits per heavy atom. The molecule has 20 heavy (non-hydrogen) atoms. The molecule has 0 spiro atoms. The summed E-state index contributed by atoms with van der Waals surface area (Å²) in [5, 5.41) is 12.9. The van der Waals surface area contributed by atoms with Gasteiger partial charge in [0.2, 0.25) is 5.91 Å². The number of hydrogen-bond acceptors (Lipinski definition) is 3. The summed E-state index contributed by atoms with van der Waals surface area (Å²) in [6.07, 6.45) is 4.10. The number of hydrogen-bond donors (Lipinski definition) is 2. The number of carbonyl (C=O) groups excluding carboxylic acids is 1. The van der Waals surface area contributed by atoms with E-state index < -0.39 is 6.10 Å². The van der Waals surface area contributed by atoms with E-state index in [9.17, 15) is 9.90 Å². The second-order valence-electron chi connectivity index (χ2n) is 5.79. The van der Waals surface area contributed by atoms with E-state index in [1.54, 1.807) is 0 Å². The monoisotopic (exact) mass is 275 g/mol. The minimum Gasteiger partial charge on any atom is -0.492 e. The fourth-order valence-electron chi connectivity index (χ4n) is 3.08. The highest BCUT2D eigenvalue weighted by atomic mass is 16.5. The van der Waals surface area contributed by atoms with E-state index in [0.29, 0.717) is 13.0 Å². The maximum atomic E-state index is 12.3. The van der Waals surface area contributed by atoms with E-state index in [0.717, 1.165) is 37.0 Å². The van der Waals surface area contributed by atoms with Crippen LogP contribution in [0.1, 0.15) is 31.2 Å². The Morgan fingerprint density at radius 2 is 2.05 bits per heavy atom. The number of nitrogens with one attached hydrogen (secondary N) is 1. The lowest BCUT2D eigenvalue weighted by atomic mass is 9.91. The van der Waals surface area contributed by atoms with Gasteiger partial charge in [0.05, 0.1) is 18.1 Å². The van der Waals surface area contributed by atoms with Gasteiger partial charge in [-0.1, -0.05) is 31.0 Å². The van der Waals surface area contributed by atoms with Gasteiger partial charge >= 0.3 is 0 Å². The van der Waals surface area contributed by atoms with Crippen LogP contribution in [0.3, 0.4) is 0 Å². The molecule has 1 aliphatic carbocycles. The molecular formula is C16H21NO3. The van der Waals surface area contributed by atoms with E-state index >= 15 is 0 Å². The quantitative estimate of drug-likeness (QED) is 0.863. The molecule has 0 bridgehead atoms. The van der Waals surface area contributed by atoms with Crippen LogP contribution >= 0.6 is 0 Å². The third-order valence-corrected chi connectivity index (χ3v) is 4.31. The SMILES string of the molecule is O=C(NC1CCCCC1O)C1COc2ccccc2C1. The van der Waals surface area contributed by atoms with Crippen molar-refractivity contribution in [3.8, 4) is 5.75 Å². The van der Waals surface area contributed by atoms with Gasteiger partial charge in [-0.2, -0.15) is 0 Å². The highest BCUT2D eigenvalue weighted by Crippen LogP contribution is 2.27. The molecule has 1 aliphatic heterocycles. The summed E-state index contributed by atoms with van der Waals surface area (Å²) in [6.45, 7) is 0.422. The topological polar surface area (TPSA) is 58.6 Å². The Balaban J connectivity index is 1.61. The zero-order valence-electron chi connectivity index (χ0n) is 11.5. The summed E-state index contributed by atoms with van der Waals surface area (Å²) in [4.78, 5) is 12.3. The number of aliphatic hydroxyl groups is 1. The van der Waals surface area contributed by atoms with Crippen LogP contribution in [-0.2, 0) is 11.2 Å². The third kappa shape index (κ3) is 2.80. The molecule has 4 heteroatoms. The van der Waals surface area contributed by atoms with E-state index in [2.05, 4.69) is 5.32 Å². The number of ether oxygens (including phenoxy) is 1. The number of amides is 1. The molecule has 0 aromatic heterocycles. The van der Waals surface area contributed by atoms with Crippen LogP contribution in [0, 0.1) is 5.92 Å². The summed E-state index contributed by atoms with van der Waals surface area (Å²) < 4.78 is 5.65. The van der Waals surface area contributed by atoms with Crippen molar-refractivity contribution in [3.63, 3.8) is 0 Å². The van der Waals surface area contributed by atoms with Crippen molar-refractivity contribution in [2.24, 2.45) is 5.92 Å². The van der Waals surface area contributed by atoms with Crippen LogP contribution in [0.15, 0.2) is 24.3 Å². The van der Waals surface area contributed by atoms with Gasteiger partial charge in [0.25, 0.3) is 0 Å². The van der Waals surface area contributed by atoms with Crippen LogP contribution in [0.4, 0.5) is 0 Å². The third-order valence-electron chi connectivity index (χ3n) is 4.31. The van der Waals surface area contributed by atoms with Gasteiger partial charge in [-0.3, -0.25) is 4.79 Å². The number of carbonyl (C=O) groups is 1. The Morgan fingerprint density at radius 1 is 1.25 bits per heavy atom. The average molecular weight is 275 g/mol. The normalized spacial score (nSPS) is 29.1. The number of benzene rings is 1. The molecule has 108 valence electrons. The minimum absolute atomic E-state index is 0.00505. The fraction of sp³-hybridized carbons (Fsp3) is 0.562. The van der Waals surface area contributed by atoms with Crippen LogP contribution in [0.2, 0.25) is 0 Å².